The van der Waals surface area contributed by atoms with Crippen molar-refractivity contribution in [1.82, 2.24) is 0 Å². The second-order valence-corrected chi connectivity index (χ2v) is 31.2. The summed E-state index contributed by atoms with van der Waals surface area (Å²) in [5, 5.41) is 0. The van der Waals surface area contributed by atoms with E-state index in [0.29, 0.717) is 0 Å². The molecule has 0 N–H and O–H groups in total. The quantitative estimate of drug-likeness (QED) is 0.0775. The second-order valence-electron chi connectivity index (χ2n) is 31.2. The molecular formula is C83H123B3Rb3. The Morgan fingerprint density at radius 1 is 0.281 bits per heavy atom. The molecule has 0 unspecified atom stereocenters. The normalized spacial score (nSPS) is 29.3. The van der Waals surface area contributed by atoms with Crippen LogP contribution in [-0.2, 0) is 25.7 Å². The van der Waals surface area contributed by atoms with Crippen LogP contribution < -0.4 is 175 Å². The molecule has 0 heterocycles. The molecule has 467 valence electrons. The number of hydrogen-bond donors (Lipinski definition) is 0. The predicted octanol–water partition coefficient (Wildman–Crippen LogP) is 13.7. The Morgan fingerprint density at radius 2 is 0.517 bits per heavy atom. The molecule has 89 heavy (non-hydrogen) atoms. The monoisotopic (exact) mass is 1410 g/mol. The van der Waals surface area contributed by atoms with E-state index >= 15 is 0 Å². The maximum Gasteiger partial charge on any atom is 1.00 e. The van der Waals surface area contributed by atoms with Crippen molar-refractivity contribution in [2.45, 2.75) is 293 Å². The van der Waals surface area contributed by atoms with Gasteiger partial charge in [-0.3, -0.25) is 0 Å². The van der Waals surface area contributed by atoms with Crippen molar-refractivity contribution in [2.24, 2.45) is 82.9 Å². The first kappa shape index (κ1) is 85.7. The first-order chi connectivity index (χ1) is 40.3. The van der Waals surface area contributed by atoms with Crippen LogP contribution in [-0.4, -0.2) is 25.2 Å². The summed E-state index contributed by atoms with van der Waals surface area (Å²) in [7, 11) is 0. The number of aryl methyl sites for hydroxylation is 2. The molecule has 4 aromatic rings. The third-order valence-corrected chi connectivity index (χ3v) is 24.9. The van der Waals surface area contributed by atoms with Gasteiger partial charge in [-0.15, -0.1) is 0 Å². The van der Waals surface area contributed by atoms with Crippen LogP contribution in [0, 0.1) is 143 Å². The van der Waals surface area contributed by atoms with Gasteiger partial charge in [-0.2, -0.15) is 106 Å². The maximum atomic E-state index is 3.36. The van der Waals surface area contributed by atoms with Crippen LogP contribution in [0.5, 0.6) is 0 Å². The summed E-state index contributed by atoms with van der Waals surface area (Å²) in [6.45, 7) is 21.0. The summed E-state index contributed by atoms with van der Waals surface area (Å²) in [6.07, 6.45) is 53.1. The van der Waals surface area contributed by atoms with Crippen LogP contribution in [0.3, 0.4) is 0 Å². The average Bonchev–Trinajstić information content (AvgIpc) is 3.23. The van der Waals surface area contributed by atoms with Gasteiger partial charge >= 0.3 is 175 Å². The van der Waals surface area contributed by atoms with Gasteiger partial charge in [0, 0.05) is 25.2 Å². The second kappa shape index (κ2) is 45.3. The zero-order valence-corrected chi connectivity index (χ0v) is 74.8. The van der Waals surface area contributed by atoms with Crippen LogP contribution in [0.25, 0.3) is 0 Å². The molecule has 4 aromatic carbocycles. The third-order valence-electron chi connectivity index (χ3n) is 24.9. The third kappa shape index (κ3) is 28.6. The van der Waals surface area contributed by atoms with Crippen molar-refractivity contribution in [3.05, 3.63) is 140 Å². The molecule has 0 atom stereocenters. The van der Waals surface area contributed by atoms with E-state index < -0.39 is 0 Å². The summed E-state index contributed by atoms with van der Waals surface area (Å²) in [6, 6.07) is 31.9. The Morgan fingerprint density at radius 3 is 0.809 bits per heavy atom. The first-order valence-corrected chi connectivity index (χ1v) is 36.2. The fourth-order valence-corrected chi connectivity index (χ4v) is 18.3. The van der Waals surface area contributed by atoms with Gasteiger partial charge in [0.05, 0.1) is 0 Å². The minimum absolute atomic E-state index is 0. The van der Waals surface area contributed by atoms with Gasteiger partial charge in [0.25, 0.3) is 0 Å². The Balaban J connectivity index is 0.000000341. The molecule has 0 spiro atoms. The summed E-state index contributed by atoms with van der Waals surface area (Å²) in [5.74, 6) is 14.2. The Hall–Kier alpha value is 2.49. The van der Waals surface area contributed by atoms with E-state index in [-0.39, 0.29) is 200 Å². The molecule has 0 saturated heterocycles. The van der Waals surface area contributed by atoms with Crippen molar-refractivity contribution >= 4 is 25.2 Å². The molecule has 11 rings (SSSR count). The Kier molecular flexibility index (Phi) is 43.6. The van der Waals surface area contributed by atoms with Gasteiger partial charge in [-0.25, -0.2) is 0 Å². The van der Waals surface area contributed by atoms with E-state index in [1.54, 1.807) is 55.2 Å². The molecule has 0 aromatic heterocycles. The number of benzene rings is 4. The number of rotatable bonds is 16. The molecule has 7 fully saturated rings. The molecule has 0 aliphatic heterocycles. The molecule has 0 bridgehead atoms. The summed E-state index contributed by atoms with van der Waals surface area (Å²) < 4.78 is 0. The van der Waals surface area contributed by atoms with Crippen molar-refractivity contribution in [3.63, 3.8) is 0 Å². The SMILES string of the molecule is Cc1[c-]ccc(CC2CCC(CC3CCC(C)CC3)CC2)c1C.Cc1[c-]ccc(CC2CCC(CC3CCC(CC4CCC(C)CC4)CC3)CC2)c1C.Cc1c(Cc2cc[c-]cc2)ccc(CC2CCC(CC3CCC(C)CC3)CC2)c1C.[B].[B].[B].[Rb+].[Rb+].[Rb+]. The van der Waals surface area contributed by atoms with Crippen LogP contribution in [0.2, 0.25) is 0 Å². The first-order valence-electron chi connectivity index (χ1n) is 36.2. The van der Waals surface area contributed by atoms with E-state index in [1.807, 2.05) is 12.1 Å². The van der Waals surface area contributed by atoms with Crippen molar-refractivity contribution < 1.29 is 175 Å². The van der Waals surface area contributed by atoms with Crippen LogP contribution >= 0.6 is 0 Å². The van der Waals surface area contributed by atoms with Crippen molar-refractivity contribution in [2.75, 3.05) is 0 Å². The van der Waals surface area contributed by atoms with E-state index in [2.05, 4.69) is 129 Å². The maximum absolute atomic E-state index is 3.36. The van der Waals surface area contributed by atoms with E-state index in [9.17, 15) is 0 Å². The smallest absolute Gasteiger partial charge is 0.184 e. The van der Waals surface area contributed by atoms with E-state index in [1.165, 1.54) is 231 Å². The van der Waals surface area contributed by atoms with Crippen molar-refractivity contribution in [3.8, 4) is 0 Å². The van der Waals surface area contributed by atoms with Gasteiger partial charge in [-0.1, -0.05) is 202 Å². The molecule has 9 radical (unpaired) electrons. The molecule has 0 nitrogen and oxygen atoms in total. The fraction of sp³-hybridized carbons (Fsp3) is 0.711. The van der Waals surface area contributed by atoms with Crippen LogP contribution in [0.15, 0.2) is 60.7 Å². The molecule has 6 heteroatoms. The zero-order chi connectivity index (χ0) is 58.1. The summed E-state index contributed by atoms with van der Waals surface area (Å²) >= 11 is 0. The Labute approximate surface area is 704 Å². The topological polar surface area (TPSA) is 0 Å². The minimum atomic E-state index is 0. The fourth-order valence-electron chi connectivity index (χ4n) is 18.3. The minimum Gasteiger partial charge on any atom is -0.184 e. The van der Waals surface area contributed by atoms with Crippen molar-refractivity contribution in [1.29, 1.82) is 0 Å². The van der Waals surface area contributed by atoms with Crippen LogP contribution in [0.1, 0.15) is 287 Å². The number of hydrogen-bond acceptors (Lipinski definition) is 0. The van der Waals surface area contributed by atoms with Crippen LogP contribution in [0.4, 0.5) is 0 Å². The van der Waals surface area contributed by atoms with Gasteiger partial charge in [0.1, 0.15) is 0 Å². The molecule has 0 amide bonds. The molecular weight excluding hydrogens is 1290 g/mol. The molecule has 7 aliphatic rings. The zero-order valence-electron chi connectivity index (χ0n) is 60.0. The standard InChI is InChI=1S/C30H47.C30H41.C23H35.3B.3Rb/c1-22-7-9-25(10-8-22)19-26-11-13-27(14-12-26)20-28-15-17-29(18-16-28)21-30-6-4-5-23(2)24(30)3;1-22-9-11-26(12-10-22)19-27-13-15-28(16-14-27)21-30-18-17-29(23(2)24(30)3)20-25-7-5-4-6-8-25;1-17-7-9-20(10-8-17)15-21-11-13-22(14-12-21)16-23-6-4-5-18(2)19(23)3;;;;;;/h4,6,22,25-29H,7-21H2,1-3H3;5-8,17-18,22,26-28H,9-16,19-21H2,1-3H3;4,6,17,20-22H,7-16H2,1-3H3;;;;;;/q3*-1;;;;3*+1. The molecule has 7 aliphatic carbocycles. The average molecular weight is 1410 g/mol. The van der Waals surface area contributed by atoms with E-state index in [0.717, 1.165) is 89.3 Å². The molecule has 7 saturated carbocycles. The van der Waals surface area contributed by atoms with Gasteiger partial charge in [0.15, 0.2) is 0 Å². The summed E-state index contributed by atoms with van der Waals surface area (Å²) in [5.41, 5.74) is 16.3. The Bertz CT molecular complexity index is 2490. The summed E-state index contributed by atoms with van der Waals surface area (Å²) in [4.78, 5) is 0. The van der Waals surface area contributed by atoms with Gasteiger partial charge < -0.3 is 0 Å². The van der Waals surface area contributed by atoms with E-state index in [4.69, 9.17) is 0 Å². The largest absolute Gasteiger partial charge is 1.00 e. The van der Waals surface area contributed by atoms with Gasteiger partial charge in [-0.05, 0) is 209 Å². The predicted molar refractivity (Wildman–Crippen MR) is 376 cm³/mol. The van der Waals surface area contributed by atoms with Gasteiger partial charge in [0.2, 0.25) is 0 Å².